The quantitative estimate of drug-likeness (QED) is 0.573. The highest BCUT2D eigenvalue weighted by atomic mass is 35.5. The second-order valence-electron chi connectivity index (χ2n) is 2.07. The van der Waals surface area contributed by atoms with E-state index < -0.39 is 4.33 Å². The molecule has 0 amide bonds. The van der Waals surface area contributed by atoms with Crippen molar-refractivity contribution in [3.05, 3.63) is 42.8 Å². The second-order valence-corrected chi connectivity index (χ2v) is 3.55. The summed E-state index contributed by atoms with van der Waals surface area (Å²) in [4.78, 5) is 0. The van der Waals surface area contributed by atoms with Gasteiger partial charge in [0.25, 0.3) is 0 Å². The van der Waals surface area contributed by atoms with Gasteiger partial charge in [-0.25, -0.2) is 0 Å². The minimum absolute atomic E-state index is 0.818. The van der Waals surface area contributed by atoms with E-state index in [9.17, 15) is 0 Å². The molecule has 0 unspecified atom stereocenters. The molecule has 0 saturated carbocycles. The smallest absolute Gasteiger partial charge is 0.0963 e. The first-order chi connectivity index (χ1) is 4.61. The second kappa shape index (κ2) is 2.81. The number of hydrogen-bond donors (Lipinski definition) is 0. The summed E-state index contributed by atoms with van der Waals surface area (Å²) in [5, 5.41) is 0. The lowest BCUT2D eigenvalue weighted by Gasteiger charge is -2.11. The first-order valence-electron chi connectivity index (χ1n) is 2.89. The first-order valence-corrected chi connectivity index (χ1v) is 3.65. The fourth-order valence-electron chi connectivity index (χ4n) is 0.682. The van der Waals surface area contributed by atoms with Crippen molar-refractivity contribution < 1.29 is 0 Å². The Bertz CT molecular complexity index is 198. The highest BCUT2D eigenvalue weighted by molar-refractivity contribution is 6.48. The van der Waals surface area contributed by atoms with Crippen LogP contribution in [-0.4, -0.2) is 0 Å². The molecule has 0 atom stereocenters. The molecule has 0 fully saturated rings. The van der Waals surface area contributed by atoms with E-state index in [1.54, 1.807) is 0 Å². The maximum absolute atomic E-state index is 5.71. The average molecular weight is 174 g/mol. The van der Waals surface area contributed by atoms with Gasteiger partial charge < -0.3 is 0 Å². The zero-order chi connectivity index (χ0) is 7.61. The molecule has 1 radical (unpaired) electrons. The summed E-state index contributed by atoms with van der Waals surface area (Å²) in [7, 11) is 0. The molecule has 1 aromatic rings. The van der Waals surface area contributed by atoms with Crippen LogP contribution in [0.25, 0.3) is 0 Å². The zero-order valence-electron chi connectivity index (χ0n) is 5.35. The molecule has 1 rings (SSSR count). The molecule has 1 aromatic carbocycles. The van der Waals surface area contributed by atoms with Gasteiger partial charge >= 0.3 is 0 Å². The van der Waals surface area contributed by atoms with Crippen LogP contribution in [0.4, 0.5) is 0 Å². The van der Waals surface area contributed by atoms with Crippen molar-refractivity contribution in [2.24, 2.45) is 0 Å². The Morgan fingerprint density at radius 3 is 1.90 bits per heavy atom. The third kappa shape index (κ3) is 1.89. The number of benzene rings is 1. The van der Waals surface area contributed by atoms with E-state index >= 15 is 0 Å². The van der Waals surface area contributed by atoms with Crippen LogP contribution in [0.1, 0.15) is 5.56 Å². The molecule has 0 heterocycles. The Kier molecular flexibility index (Phi) is 2.22. The summed E-state index contributed by atoms with van der Waals surface area (Å²) in [6, 6.07) is 9.34. The molecule has 0 N–H and O–H groups in total. The van der Waals surface area contributed by atoms with Crippen LogP contribution in [0.2, 0.25) is 0 Å². The minimum atomic E-state index is -1.01. The molecule has 0 saturated heterocycles. The highest BCUT2D eigenvalue weighted by Crippen LogP contribution is 2.31. The van der Waals surface area contributed by atoms with Gasteiger partial charge in [-0.3, -0.25) is 0 Å². The monoisotopic (exact) mass is 173 g/mol. The van der Waals surface area contributed by atoms with Crippen LogP contribution in [-0.2, 0) is 4.33 Å². The molecule has 0 aliphatic carbocycles. The summed E-state index contributed by atoms with van der Waals surface area (Å²) in [5.41, 5.74) is 0.818. The summed E-state index contributed by atoms with van der Waals surface area (Å²) < 4.78 is -1.01. The third-order valence-electron chi connectivity index (χ3n) is 1.20. The van der Waals surface area contributed by atoms with Gasteiger partial charge in [0.1, 0.15) is 4.33 Å². The van der Waals surface area contributed by atoms with E-state index in [2.05, 4.69) is 6.92 Å². The van der Waals surface area contributed by atoms with Gasteiger partial charge in [0, 0.05) is 0 Å². The van der Waals surface area contributed by atoms with E-state index in [0.717, 1.165) is 5.56 Å². The Morgan fingerprint density at radius 1 is 1.10 bits per heavy atom. The number of hydrogen-bond acceptors (Lipinski definition) is 0. The van der Waals surface area contributed by atoms with Crippen molar-refractivity contribution in [1.29, 1.82) is 0 Å². The SMILES string of the molecule is [CH2]C(Cl)(Cl)c1ccccc1. The van der Waals surface area contributed by atoms with E-state index in [1.165, 1.54) is 0 Å². The molecule has 0 aliphatic heterocycles. The van der Waals surface area contributed by atoms with Crippen LogP contribution < -0.4 is 0 Å². The maximum Gasteiger partial charge on any atom is 0.143 e. The van der Waals surface area contributed by atoms with Gasteiger partial charge in [-0.05, 0) is 12.5 Å². The topological polar surface area (TPSA) is 0 Å². The molecule has 2 heteroatoms. The number of rotatable bonds is 1. The number of alkyl halides is 2. The normalized spacial score (nSPS) is 11.5. The fourth-order valence-corrected chi connectivity index (χ4v) is 0.934. The van der Waals surface area contributed by atoms with Crippen molar-refractivity contribution in [1.82, 2.24) is 0 Å². The molecule has 10 heavy (non-hydrogen) atoms. The van der Waals surface area contributed by atoms with E-state index in [4.69, 9.17) is 23.2 Å². The fraction of sp³-hybridized carbons (Fsp3) is 0.125. The number of halogens is 2. The predicted molar refractivity (Wildman–Crippen MR) is 45.2 cm³/mol. The standard InChI is InChI=1S/C8H7Cl2/c1-8(9,10)7-5-3-2-4-6-7/h2-6H,1H2. The third-order valence-corrected chi connectivity index (χ3v) is 1.63. The van der Waals surface area contributed by atoms with Gasteiger partial charge in [0.2, 0.25) is 0 Å². The van der Waals surface area contributed by atoms with Gasteiger partial charge in [0.05, 0.1) is 0 Å². The summed E-state index contributed by atoms with van der Waals surface area (Å²) in [6.07, 6.45) is 0. The molecule has 0 aliphatic rings. The van der Waals surface area contributed by atoms with E-state index in [1.807, 2.05) is 30.3 Å². The Morgan fingerprint density at radius 2 is 1.60 bits per heavy atom. The maximum atomic E-state index is 5.71. The minimum Gasteiger partial charge on any atom is -0.0963 e. The van der Waals surface area contributed by atoms with Crippen molar-refractivity contribution in [2.45, 2.75) is 4.33 Å². The van der Waals surface area contributed by atoms with Gasteiger partial charge in [-0.15, -0.1) is 0 Å². The lowest BCUT2D eigenvalue weighted by atomic mass is 10.2. The molecule has 0 spiro atoms. The molecule has 53 valence electrons. The van der Waals surface area contributed by atoms with Crippen molar-refractivity contribution in [2.75, 3.05) is 0 Å². The molecule has 0 bridgehead atoms. The van der Waals surface area contributed by atoms with Crippen LogP contribution in [0.5, 0.6) is 0 Å². The van der Waals surface area contributed by atoms with Crippen molar-refractivity contribution >= 4 is 23.2 Å². The van der Waals surface area contributed by atoms with Crippen LogP contribution in [0.15, 0.2) is 30.3 Å². The predicted octanol–water partition coefficient (Wildman–Crippen LogP) is 3.15. The van der Waals surface area contributed by atoms with Crippen LogP contribution >= 0.6 is 23.2 Å². The van der Waals surface area contributed by atoms with Crippen molar-refractivity contribution in [3.63, 3.8) is 0 Å². The largest absolute Gasteiger partial charge is 0.143 e. The summed E-state index contributed by atoms with van der Waals surface area (Å²) >= 11 is 11.4. The van der Waals surface area contributed by atoms with Crippen LogP contribution in [0, 0.1) is 6.92 Å². The molecular weight excluding hydrogens is 167 g/mol. The van der Waals surface area contributed by atoms with E-state index in [-0.39, 0.29) is 0 Å². The average Bonchev–Trinajstić information content (AvgIpc) is 1.88. The Balaban J connectivity index is 2.97. The molecule has 0 nitrogen and oxygen atoms in total. The zero-order valence-corrected chi connectivity index (χ0v) is 6.86. The van der Waals surface area contributed by atoms with Gasteiger partial charge in [-0.2, -0.15) is 0 Å². The van der Waals surface area contributed by atoms with Crippen LogP contribution in [0.3, 0.4) is 0 Å². The lowest BCUT2D eigenvalue weighted by Crippen LogP contribution is -2.02. The van der Waals surface area contributed by atoms with E-state index in [0.29, 0.717) is 0 Å². The Hall–Kier alpha value is -0.200. The Labute approximate surface area is 70.8 Å². The first kappa shape index (κ1) is 7.90. The lowest BCUT2D eigenvalue weighted by molar-refractivity contribution is 1.10. The van der Waals surface area contributed by atoms with Gasteiger partial charge in [-0.1, -0.05) is 53.5 Å². The molecule has 0 aromatic heterocycles. The van der Waals surface area contributed by atoms with Gasteiger partial charge in [0.15, 0.2) is 0 Å². The molecular formula is C8H7Cl2. The van der Waals surface area contributed by atoms with Crippen molar-refractivity contribution in [3.8, 4) is 0 Å². The summed E-state index contributed by atoms with van der Waals surface area (Å²) in [5.74, 6) is 0. The highest BCUT2D eigenvalue weighted by Gasteiger charge is 2.18. The summed E-state index contributed by atoms with van der Waals surface area (Å²) in [6.45, 7) is 3.57.